The third-order valence-corrected chi connectivity index (χ3v) is 6.08. The monoisotopic (exact) mass is 466 g/mol. The van der Waals surface area contributed by atoms with Crippen LogP contribution in [0.5, 0.6) is 11.5 Å². The van der Waals surface area contributed by atoms with E-state index in [9.17, 15) is 13.2 Å². The maximum absolute atomic E-state index is 12.9. The van der Waals surface area contributed by atoms with E-state index in [-0.39, 0.29) is 23.7 Å². The SMILES string of the molecule is COc1cc(S(=O)(=O)N(C)CCN(C)C(=O)OC(C)(C)C)c(OC)cc1Br. The molecule has 0 aliphatic carbocycles. The first-order valence-electron chi connectivity index (χ1n) is 8.15. The van der Waals surface area contributed by atoms with Crippen molar-refractivity contribution in [2.75, 3.05) is 41.4 Å². The summed E-state index contributed by atoms with van der Waals surface area (Å²) in [5.74, 6) is 0.559. The van der Waals surface area contributed by atoms with Crippen molar-refractivity contribution < 1.29 is 27.4 Å². The average Bonchev–Trinajstić information content (AvgIpc) is 2.56. The minimum absolute atomic E-state index is 0.0209. The van der Waals surface area contributed by atoms with Crippen molar-refractivity contribution in [3.05, 3.63) is 16.6 Å². The summed E-state index contributed by atoms with van der Waals surface area (Å²) in [7, 11) is 1.97. The molecular weight excluding hydrogens is 440 g/mol. The van der Waals surface area contributed by atoms with Gasteiger partial charge in [0.25, 0.3) is 0 Å². The molecule has 154 valence electrons. The molecule has 1 amide bonds. The molecule has 0 aliphatic heterocycles. The number of hydrogen-bond acceptors (Lipinski definition) is 6. The summed E-state index contributed by atoms with van der Waals surface area (Å²) < 4.78 is 43.3. The Kier molecular flexibility index (Phi) is 7.94. The van der Waals surface area contributed by atoms with E-state index in [4.69, 9.17) is 14.2 Å². The van der Waals surface area contributed by atoms with Gasteiger partial charge in [-0.2, -0.15) is 4.31 Å². The van der Waals surface area contributed by atoms with Gasteiger partial charge >= 0.3 is 6.09 Å². The second kappa shape index (κ2) is 9.11. The molecule has 0 atom stereocenters. The fourth-order valence-electron chi connectivity index (χ4n) is 2.04. The number of carbonyl (C=O) groups excluding carboxylic acids is 1. The highest BCUT2D eigenvalue weighted by Gasteiger charge is 2.27. The molecule has 0 aliphatic rings. The number of halogens is 1. The summed E-state index contributed by atoms with van der Waals surface area (Å²) in [6.45, 7) is 5.55. The van der Waals surface area contributed by atoms with E-state index in [1.165, 1.54) is 38.3 Å². The van der Waals surface area contributed by atoms with Crippen LogP contribution in [0.2, 0.25) is 0 Å². The molecular formula is C17H27BrN2O6S. The number of rotatable bonds is 7. The van der Waals surface area contributed by atoms with Gasteiger partial charge in [0.1, 0.15) is 22.0 Å². The molecule has 27 heavy (non-hydrogen) atoms. The lowest BCUT2D eigenvalue weighted by Gasteiger charge is -2.26. The van der Waals surface area contributed by atoms with Crippen LogP contribution in [-0.2, 0) is 14.8 Å². The molecule has 0 bridgehead atoms. The van der Waals surface area contributed by atoms with Crippen LogP contribution in [0.25, 0.3) is 0 Å². The third-order valence-electron chi connectivity index (χ3n) is 3.58. The van der Waals surface area contributed by atoms with E-state index >= 15 is 0 Å². The summed E-state index contributed by atoms with van der Waals surface area (Å²) >= 11 is 3.30. The fourth-order valence-corrected chi connectivity index (χ4v) is 3.84. The molecule has 1 aromatic rings. The van der Waals surface area contributed by atoms with Crippen molar-refractivity contribution >= 4 is 32.0 Å². The summed E-state index contributed by atoms with van der Waals surface area (Å²) in [4.78, 5) is 13.3. The Morgan fingerprint density at radius 1 is 1.07 bits per heavy atom. The zero-order valence-electron chi connectivity index (χ0n) is 16.7. The quantitative estimate of drug-likeness (QED) is 0.613. The van der Waals surface area contributed by atoms with Gasteiger partial charge in [-0.3, -0.25) is 0 Å². The Hall–Kier alpha value is -1.52. The molecule has 10 heteroatoms. The van der Waals surface area contributed by atoms with Gasteiger partial charge in [-0.15, -0.1) is 0 Å². The number of sulfonamides is 1. The molecule has 0 N–H and O–H groups in total. The van der Waals surface area contributed by atoms with Gasteiger partial charge in [-0.25, -0.2) is 13.2 Å². The maximum atomic E-state index is 12.9. The standard InChI is InChI=1S/C17H27BrN2O6S/c1-17(2,3)26-16(21)19(4)8-9-20(5)27(22,23)15-11-13(24-6)12(18)10-14(15)25-7/h10-11H,8-9H2,1-7H3. The predicted molar refractivity (Wildman–Crippen MR) is 106 cm³/mol. The van der Waals surface area contributed by atoms with Crippen molar-refractivity contribution in [2.45, 2.75) is 31.3 Å². The molecule has 0 saturated carbocycles. The molecule has 0 heterocycles. The first-order chi connectivity index (χ1) is 12.3. The Morgan fingerprint density at radius 2 is 1.63 bits per heavy atom. The zero-order chi connectivity index (χ0) is 21.0. The first kappa shape index (κ1) is 23.5. The highest BCUT2D eigenvalue weighted by Crippen LogP contribution is 2.36. The van der Waals surface area contributed by atoms with Crippen LogP contribution in [0.3, 0.4) is 0 Å². The second-order valence-corrected chi connectivity index (χ2v) is 9.73. The number of methoxy groups -OCH3 is 2. The van der Waals surface area contributed by atoms with Gasteiger partial charge in [-0.1, -0.05) is 0 Å². The number of benzene rings is 1. The van der Waals surface area contributed by atoms with E-state index in [0.29, 0.717) is 10.2 Å². The summed E-state index contributed by atoms with van der Waals surface area (Å²) in [5, 5.41) is 0. The number of nitrogens with zero attached hydrogens (tertiary/aromatic N) is 2. The molecule has 0 spiro atoms. The number of likely N-dealkylation sites (N-methyl/N-ethyl adjacent to an activating group) is 2. The first-order valence-corrected chi connectivity index (χ1v) is 10.4. The zero-order valence-corrected chi connectivity index (χ0v) is 19.1. The molecule has 1 rings (SSSR count). The van der Waals surface area contributed by atoms with Crippen molar-refractivity contribution in [3.8, 4) is 11.5 Å². The van der Waals surface area contributed by atoms with Gasteiger partial charge in [0.15, 0.2) is 0 Å². The Bertz CT molecular complexity index is 776. The molecule has 0 unspecified atom stereocenters. The normalized spacial score (nSPS) is 12.0. The van der Waals surface area contributed by atoms with Gasteiger partial charge in [0, 0.05) is 33.3 Å². The van der Waals surface area contributed by atoms with Crippen molar-refractivity contribution in [3.63, 3.8) is 0 Å². The lowest BCUT2D eigenvalue weighted by Crippen LogP contribution is -2.40. The summed E-state index contributed by atoms with van der Waals surface area (Å²) in [5.41, 5.74) is -0.620. The highest BCUT2D eigenvalue weighted by atomic mass is 79.9. The van der Waals surface area contributed by atoms with E-state index in [1.807, 2.05) is 0 Å². The largest absolute Gasteiger partial charge is 0.496 e. The molecule has 0 fully saturated rings. The predicted octanol–water partition coefficient (Wildman–Crippen LogP) is 2.95. The number of carbonyl (C=O) groups is 1. The number of amides is 1. The molecule has 0 saturated heterocycles. The van der Waals surface area contributed by atoms with Crippen LogP contribution >= 0.6 is 15.9 Å². The van der Waals surface area contributed by atoms with Crippen molar-refractivity contribution in [1.29, 1.82) is 0 Å². The topological polar surface area (TPSA) is 85.4 Å². The van der Waals surface area contributed by atoms with Crippen molar-refractivity contribution in [1.82, 2.24) is 9.21 Å². The molecule has 0 aromatic heterocycles. The van der Waals surface area contributed by atoms with Crippen LogP contribution < -0.4 is 9.47 Å². The number of hydrogen-bond donors (Lipinski definition) is 0. The molecule has 1 aromatic carbocycles. The molecule has 8 nitrogen and oxygen atoms in total. The van der Waals surface area contributed by atoms with Crippen LogP contribution in [0.15, 0.2) is 21.5 Å². The lowest BCUT2D eigenvalue weighted by atomic mass is 10.2. The van der Waals surface area contributed by atoms with Crippen LogP contribution in [-0.4, -0.2) is 70.7 Å². The Labute approximate surface area is 169 Å². The second-order valence-electron chi connectivity index (χ2n) is 6.87. The fraction of sp³-hybridized carbons (Fsp3) is 0.588. The van der Waals surface area contributed by atoms with E-state index in [2.05, 4.69) is 15.9 Å². The van der Waals surface area contributed by atoms with Gasteiger partial charge in [0.2, 0.25) is 10.0 Å². The summed E-state index contributed by atoms with van der Waals surface area (Å²) in [6, 6.07) is 2.93. The van der Waals surface area contributed by atoms with Gasteiger partial charge in [0.05, 0.1) is 18.7 Å². The Morgan fingerprint density at radius 3 is 2.11 bits per heavy atom. The third kappa shape index (κ3) is 6.25. The van der Waals surface area contributed by atoms with Crippen LogP contribution in [0.4, 0.5) is 4.79 Å². The maximum Gasteiger partial charge on any atom is 0.410 e. The Balaban J connectivity index is 2.97. The molecule has 0 radical (unpaired) electrons. The lowest BCUT2D eigenvalue weighted by molar-refractivity contribution is 0.0294. The minimum Gasteiger partial charge on any atom is -0.496 e. The highest BCUT2D eigenvalue weighted by molar-refractivity contribution is 9.10. The van der Waals surface area contributed by atoms with Crippen molar-refractivity contribution in [2.24, 2.45) is 0 Å². The van der Waals surface area contributed by atoms with E-state index in [1.54, 1.807) is 27.8 Å². The van der Waals surface area contributed by atoms with E-state index in [0.717, 1.165) is 4.31 Å². The summed E-state index contributed by atoms with van der Waals surface area (Å²) in [6.07, 6.45) is -0.517. The van der Waals surface area contributed by atoms with E-state index < -0.39 is 21.7 Å². The van der Waals surface area contributed by atoms with Crippen LogP contribution in [0.1, 0.15) is 20.8 Å². The van der Waals surface area contributed by atoms with Gasteiger partial charge < -0.3 is 19.1 Å². The average molecular weight is 467 g/mol. The minimum atomic E-state index is -3.86. The number of ether oxygens (including phenoxy) is 3. The van der Waals surface area contributed by atoms with Gasteiger partial charge in [-0.05, 0) is 42.8 Å². The van der Waals surface area contributed by atoms with Crippen LogP contribution in [0, 0.1) is 0 Å². The smallest absolute Gasteiger partial charge is 0.410 e.